The molecule has 0 spiro atoms. The Balaban J connectivity index is 2.17. The lowest BCUT2D eigenvalue weighted by molar-refractivity contribution is -0.127. The molecule has 0 saturated carbocycles. The number of Topliss-reactive ketones (excluding diaryl/α,β-unsaturated/α-hetero) is 1. The molecule has 5 nitrogen and oxygen atoms in total. The summed E-state index contributed by atoms with van der Waals surface area (Å²) in [6, 6.07) is 8.81. The predicted molar refractivity (Wildman–Crippen MR) is 95.8 cm³/mol. The monoisotopic (exact) mass is 334 g/mol. The van der Waals surface area contributed by atoms with Crippen molar-refractivity contribution >= 4 is 11.7 Å². The smallest absolute Gasteiger partial charge is 0.220 e. The predicted octanol–water partition coefficient (Wildman–Crippen LogP) is 2.62. The molecular weight excluding hydrogens is 304 g/mol. The van der Waals surface area contributed by atoms with E-state index in [0.29, 0.717) is 6.42 Å². The zero-order valence-corrected chi connectivity index (χ0v) is 14.8. The van der Waals surface area contributed by atoms with E-state index in [1.807, 2.05) is 30.3 Å². The largest absolute Gasteiger partial charge is 0.385 e. The van der Waals surface area contributed by atoms with Gasteiger partial charge in [0.1, 0.15) is 6.04 Å². The molecule has 2 N–H and O–H groups in total. The van der Waals surface area contributed by atoms with Crippen LogP contribution in [-0.2, 0) is 14.3 Å². The number of unbranched alkanes of at least 4 members (excludes halogenated alkanes) is 2. The van der Waals surface area contributed by atoms with Gasteiger partial charge in [0, 0.05) is 20.1 Å². The molecule has 0 radical (unpaired) electrons. The molecule has 1 aromatic carbocycles. The first kappa shape index (κ1) is 20.3. The molecule has 0 bridgehead atoms. The lowest BCUT2D eigenvalue weighted by Gasteiger charge is -2.16. The fraction of sp³-hybridized carbons (Fsp3) is 0.579. The van der Waals surface area contributed by atoms with Crippen LogP contribution >= 0.6 is 0 Å². The molecule has 0 aromatic heterocycles. The minimum Gasteiger partial charge on any atom is -0.385 e. The van der Waals surface area contributed by atoms with Crippen LogP contribution in [-0.4, -0.2) is 38.5 Å². The Bertz CT molecular complexity index is 477. The van der Waals surface area contributed by atoms with Gasteiger partial charge in [-0.3, -0.25) is 9.59 Å². The van der Waals surface area contributed by atoms with Crippen molar-refractivity contribution in [2.24, 2.45) is 0 Å². The van der Waals surface area contributed by atoms with E-state index in [9.17, 15) is 9.59 Å². The van der Waals surface area contributed by atoms with Gasteiger partial charge in [-0.15, -0.1) is 0 Å². The van der Waals surface area contributed by atoms with E-state index >= 15 is 0 Å². The second kappa shape index (κ2) is 12.7. The quantitative estimate of drug-likeness (QED) is 0.544. The van der Waals surface area contributed by atoms with Gasteiger partial charge in [0.25, 0.3) is 0 Å². The van der Waals surface area contributed by atoms with Crippen LogP contribution in [0.1, 0.15) is 50.6 Å². The Labute approximate surface area is 145 Å². The highest BCUT2D eigenvalue weighted by atomic mass is 16.5. The van der Waals surface area contributed by atoms with Gasteiger partial charge in [-0.25, -0.2) is 0 Å². The van der Waals surface area contributed by atoms with Gasteiger partial charge in [0.05, 0.1) is 0 Å². The summed E-state index contributed by atoms with van der Waals surface area (Å²) in [4.78, 5) is 23.8. The fourth-order valence-corrected chi connectivity index (χ4v) is 2.46. The minimum absolute atomic E-state index is 0.0488. The Hall–Kier alpha value is -1.72. The molecule has 5 heteroatoms. The molecular formula is C19H30N2O3. The van der Waals surface area contributed by atoms with Gasteiger partial charge >= 0.3 is 0 Å². The first-order valence-electron chi connectivity index (χ1n) is 8.69. The summed E-state index contributed by atoms with van der Waals surface area (Å²) in [6.07, 6.45) is 4.38. The van der Waals surface area contributed by atoms with E-state index in [1.165, 1.54) is 6.92 Å². The summed E-state index contributed by atoms with van der Waals surface area (Å²) in [7, 11) is 1.72. The molecule has 0 aliphatic rings. The van der Waals surface area contributed by atoms with Crippen molar-refractivity contribution in [1.82, 2.24) is 10.6 Å². The van der Waals surface area contributed by atoms with Crippen molar-refractivity contribution in [2.75, 3.05) is 26.8 Å². The average Bonchev–Trinajstić information content (AvgIpc) is 2.58. The van der Waals surface area contributed by atoms with Crippen LogP contribution in [0.5, 0.6) is 0 Å². The number of amides is 1. The van der Waals surface area contributed by atoms with E-state index in [-0.39, 0.29) is 11.7 Å². The maximum Gasteiger partial charge on any atom is 0.220 e. The van der Waals surface area contributed by atoms with Gasteiger partial charge < -0.3 is 15.4 Å². The number of rotatable bonds is 13. The molecule has 1 unspecified atom stereocenters. The number of carbonyl (C=O) groups is 2. The number of hydrogen-bond donors (Lipinski definition) is 2. The molecule has 134 valence electrons. The Morgan fingerprint density at radius 3 is 2.33 bits per heavy atom. The van der Waals surface area contributed by atoms with Crippen molar-refractivity contribution in [2.45, 2.75) is 45.1 Å². The summed E-state index contributed by atoms with van der Waals surface area (Å²) in [5.41, 5.74) is 0.830. The van der Waals surface area contributed by atoms with Gasteiger partial charge in [-0.2, -0.15) is 0 Å². The third-order valence-electron chi connectivity index (χ3n) is 3.80. The van der Waals surface area contributed by atoms with Crippen molar-refractivity contribution in [3.8, 4) is 0 Å². The molecule has 0 heterocycles. The van der Waals surface area contributed by atoms with E-state index in [2.05, 4.69) is 10.6 Å². The van der Waals surface area contributed by atoms with Gasteiger partial charge in [-0.1, -0.05) is 30.3 Å². The third kappa shape index (κ3) is 8.79. The molecule has 1 aromatic rings. The number of methoxy groups -OCH3 is 1. The van der Waals surface area contributed by atoms with Crippen LogP contribution < -0.4 is 10.6 Å². The lowest BCUT2D eigenvalue weighted by Crippen LogP contribution is -2.32. The standard InChI is InChI=1S/C19H30N2O3/c1-16(22)19(17-10-4-3-5-11-17)21-18(23)12-6-7-13-20-14-8-9-15-24-2/h3-5,10-11,19-20H,6-9,12-15H2,1-2H3,(H,21,23). The van der Waals surface area contributed by atoms with Crippen molar-refractivity contribution in [3.05, 3.63) is 35.9 Å². The van der Waals surface area contributed by atoms with Crippen LogP contribution in [0.4, 0.5) is 0 Å². The maximum absolute atomic E-state index is 12.0. The second-order valence-electron chi connectivity index (χ2n) is 5.93. The SMILES string of the molecule is COCCCCNCCCCC(=O)NC(C(C)=O)c1ccccc1. The van der Waals surface area contributed by atoms with E-state index in [1.54, 1.807) is 7.11 Å². The molecule has 1 atom stereocenters. The molecule has 24 heavy (non-hydrogen) atoms. The van der Waals surface area contributed by atoms with Crippen LogP contribution in [0.15, 0.2) is 30.3 Å². The second-order valence-corrected chi connectivity index (χ2v) is 5.93. The zero-order chi connectivity index (χ0) is 17.6. The molecule has 0 aliphatic heterocycles. The van der Waals surface area contributed by atoms with Crippen LogP contribution in [0.3, 0.4) is 0 Å². The van der Waals surface area contributed by atoms with Crippen molar-refractivity contribution in [3.63, 3.8) is 0 Å². The first-order valence-corrected chi connectivity index (χ1v) is 8.69. The Kier molecular flexibility index (Phi) is 10.7. The summed E-state index contributed by atoms with van der Waals surface area (Å²) >= 11 is 0. The molecule has 0 aliphatic carbocycles. The van der Waals surface area contributed by atoms with Crippen LogP contribution in [0.2, 0.25) is 0 Å². The number of ether oxygens (including phenoxy) is 1. The van der Waals surface area contributed by atoms with Crippen molar-refractivity contribution in [1.29, 1.82) is 0 Å². The molecule has 0 saturated heterocycles. The average molecular weight is 334 g/mol. The van der Waals surface area contributed by atoms with Gasteiger partial charge in [0.15, 0.2) is 5.78 Å². The summed E-state index contributed by atoms with van der Waals surface area (Å²) < 4.78 is 5.00. The highest BCUT2D eigenvalue weighted by Gasteiger charge is 2.18. The van der Waals surface area contributed by atoms with E-state index < -0.39 is 6.04 Å². The maximum atomic E-state index is 12.0. The van der Waals surface area contributed by atoms with Gasteiger partial charge in [0.2, 0.25) is 5.91 Å². The van der Waals surface area contributed by atoms with Crippen LogP contribution in [0.25, 0.3) is 0 Å². The molecule has 1 rings (SSSR count). The molecule has 0 fully saturated rings. The Morgan fingerprint density at radius 2 is 1.71 bits per heavy atom. The number of ketones is 1. The third-order valence-corrected chi connectivity index (χ3v) is 3.80. The first-order chi connectivity index (χ1) is 11.6. The number of carbonyl (C=O) groups excluding carboxylic acids is 2. The number of hydrogen-bond acceptors (Lipinski definition) is 4. The summed E-state index contributed by atoms with van der Waals surface area (Å²) in [5.74, 6) is -0.119. The molecule has 1 amide bonds. The minimum atomic E-state index is -0.544. The number of nitrogens with one attached hydrogen (secondary N) is 2. The fourth-order valence-electron chi connectivity index (χ4n) is 2.46. The zero-order valence-electron chi connectivity index (χ0n) is 14.8. The summed E-state index contributed by atoms with van der Waals surface area (Å²) in [6.45, 7) is 4.21. The highest BCUT2D eigenvalue weighted by molar-refractivity contribution is 5.88. The summed E-state index contributed by atoms with van der Waals surface area (Å²) in [5, 5.41) is 6.20. The highest BCUT2D eigenvalue weighted by Crippen LogP contribution is 2.14. The normalized spacial score (nSPS) is 11.9. The van der Waals surface area contributed by atoms with Crippen LogP contribution in [0, 0.1) is 0 Å². The van der Waals surface area contributed by atoms with Gasteiger partial charge in [-0.05, 0) is 51.3 Å². The topological polar surface area (TPSA) is 67.4 Å². The van der Waals surface area contributed by atoms with E-state index in [4.69, 9.17) is 4.74 Å². The Morgan fingerprint density at radius 1 is 1.04 bits per heavy atom. The van der Waals surface area contributed by atoms with Crippen molar-refractivity contribution < 1.29 is 14.3 Å². The van der Waals surface area contributed by atoms with E-state index in [0.717, 1.165) is 50.9 Å². The number of benzene rings is 1. The lowest BCUT2D eigenvalue weighted by atomic mass is 10.0.